The highest BCUT2D eigenvalue weighted by Gasteiger charge is 2.16. The van der Waals surface area contributed by atoms with Crippen molar-refractivity contribution in [2.45, 2.75) is 39.2 Å². The Hall–Kier alpha value is -0.570. The van der Waals surface area contributed by atoms with Crippen LogP contribution in [0.3, 0.4) is 0 Å². The number of carbonyl (C=O) groups excluding carboxylic acids is 1. The third-order valence-electron chi connectivity index (χ3n) is 1.79. The molecule has 1 N–H and O–H groups in total. The minimum absolute atomic E-state index is 0.434. The molecule has 2 atom stereocenters. The van der Waals surface area contributed by atoms with Gasteiger partial charge in [0, 0.05) is 11.9 Å². The zero-order valence-electron chi connectivity index (χ0n) is 7.04. The van der Waals surface area contributed by atoms with Gasteiger partial charge in [-0.05, 0) is 12.8 Å². The van der Waals surface area contributed by atoms with Gasteiger partial charge in [-0.15, -0.1) is 0 Å². The fraction of sp³-hybridized carbons (Fsp3) is 0.875. The minimum atomic E-state index is -1.14. The molecule has 0 aliphatic heterocycles. The van der Waals surface area contributed by atoms with E-state index in [0.29, 0.717) is 12.8 Å². The van der Waals surface area contributed by atoms with Crippen molar-refractivity contribution in [2.24, 2.45) is 5.92 Å². The molecule has 3 heteroatoms. The highest BCUT2D eigenvalue weighted by molar-refractivity contribution is 5.68. The summed E-state index contributed by atoms with van der Waals surface area (Å²) in [6, 6.07) is 0. The minimum Gasteiger partial charge on any atom is -0.550 e. The number of hydrogen-bond acceptors (Lipinski definition) is 3. The molecular weight excluding hydrogens is 144 g/mol. The molecule has 0 bridgehead atoms. The van der Waals surface area contributed by atoms with Gasteiger partial charge in [0.25, 0.3) is 0 Å². The van der Waals surface area contributed by atoms with E-state index in [4.69, 9.17) is 0 Å². The molecule has 2 unspecified atom stereocenters. The fourth-order valence-corrected chi connectivity index (χ4v) is 1.09. The Morgan fingerprint density at radius 3 is 2.36 bits per heavy atom. The molecule has 0 aromatic heterocycles. The Labute approximate surface area is 67.0 Å². The predicted molar refractivity (Wildman–Crippen MR) is 39.7 cm³/mol. The smallest absolute Gasteiger partial charge is 0.0620 e. The molecule has 0 fully saturated rings. The molecule has 66 valence electrons. The monoisotopic (exact) mass is 159 g/mol. The number of rotatable bonds is 5. The number of aliphatic hydroxyl groups is 1. The third kappa shape index (κ3) is 3.37. The summed E-state index contributed by atoms with van der Waals surface area (Å²) in [5, 5.41) is 19.6. The third-order valence-corrected chi connectivity index (χ3v) is 1.79. The summed E-state index contributed by atoms with van der Waals surface area (Å²) in [5.41, 5.74) is 0. The molecule has 0 heterocycles. The first-order valence-electron chi connectivity index (χ1n) is 4.02. The van der Waals surface area contributed by atoms with Gasteiger partial charge in [-0.3, -0.25) is 0 Å². The van der Waals surface area contributed by atoms with E-state index in [1.807, 2.05) is 6.92 Å². The Balaban J connectivity index is 3.91. The first-order chi connectivity index (χ1) is 5.13. The number of hydrogen-bond donors (Lipinski definition) is 1. The summed E-state index contributed by atoms with van der Waals surface area (Å²) in [4.78, 5) is 10.4. The summed E-state index contributed by atoms with van der Waals surface area (Å²) < 4.78 is 0. The van der Waals surface area contributed by atoms with Gasteiger partial charge in [0.2, 0.25) is 0 Å². The van der Waals surface area contributed by atoms with E-state index < -0.39 is 18.0 Å². The molecule has 0 rings (SSSR count). The molecule has 0 radical (unpaired) electrons. The van der Waals surface area contributed by atoms with E-state index in [1.165, 1.54) is 0 Å². The summed E-state index contributed by atoms with van der Waals surface area (Å²) in [7, 11) is 0. The van der Waals surface area contributed by atoms with Crippen LogP contribution in [0.2, 0.25) is 0 Å². The average molecular weight is 159 g/mol. The van der Waals surface area contributed by atoms with Crippen LogP contribution in [-0.2, 0) is 4.79 Å². The van der Waals surface area contributed by atoms with Crippen molar-refractivity contribution in [3.05, 3.63) is 0 Å². The molecule has 0 spiro atoms. The van der Waals surface area contributed by atoms with Crippen LogP contribution >= 0.6 is 0 Å². The van der Waals surface area contributed by atoms with Gasteiger partial charge in [0.05, 0.1) is 6.10 Å². The maximum absolute atomic E-state index is 10.4. The van der Waals surface area contributed by atoms with Crippen LogP contribution < -0.4 is 5.11 Å². The van der Waals surface area contributed by atoms with Gasteiger partial charge >= 0.3 is 0 Å². The van der Waals surface area contributed by atoms with E-state index in [9.17, 15) is 15.0 Å². The number of carboxylic acid groups (broad SMARTS) is 1. The number of carbonyl (C=O) groups is 1. The lowest BCUT2D eigenvalue weighted by molar-refractivity contribution is -0.314. The van der Waals surface area contributed by atoms with E-state index >= 15 is 0 Å². The van der Waals surface area contributed by atoms with Crippen molar-refractivity contribution in [3.8, 4) is 0 Å². The van der Waals surface area contributed by atoms with Gasteiger partial charge in [-0.25, -0.2) is 0 Å². The molecule has 0 saturated heterocycles. The fourth-order valence-electron chi connectivity index (χ4n) is 1.09. The van der Waals surface area contributed by atoms with Crippen LogP contribution in [0, 0.1) is 5.92 Å². The van der Waals surface area contributed by atoms with E-state index in [0.717, 1.165) is 6.42 Å². The van der Waals surface area contributed by atoms with Crippen LogP contribution in [0.5, 0.6) is 0 Å². The molecule has 0 aromatic rings. The maximum atomic E-state index is 10.4. The molecule has 11 heavy (non-hydrogen) atoms. The second-order valence-corrected chi connectivity index (χ2v) is 2.69. The molecule has 0 aliphatic rings. The van der Waals surface area contributed by atoms with Crippen LogP contribution in [0.1, 0.15) is 33.1 Å². The van der Waals surface area contributed by atoms with Gasteiger partial charge in [0.1, 0.15) is 0 Å². The summed E-state index contributed by atoms with van der Waals surface area (Å²) in [6.07, 6.45) is 1.02. The molecule has 0 aromatic carbocycles. The van der Waals surface area contributed by atoms with Gasteiger partial charge in [-0.2, -0.15) is 0 Å². The topological polar surface area (TPSA) is 60.4 Å². The van der Waals surface area contributed by atoms with Gasteiger partial charge < -0.3 is 15.0 Å². The van der Waals surface area contributed by atoms with Gasteiger partial charge in [0.15, 0.2) is 0 Å². The van der Waals surface area contributed by atoms with Crippen molar-refractivity contribution < 1.29 is 15.0 Å². The lowest BCUT2D eigenvalue weighted by Crippen LogP contribution is -2.38. The Morgan fingerprint density at radius 1 is 1.55 bits per heavy atom. The van der Waals surface area contributed by atoms with Crippen LogP contribution in [0.15, 0.2) is 0 Å². The normalized spacial score (nSPS) is 15.9. The first-order valence-corrected chi connectivity index (χ1v) is 4.02. The van der Waals surface area contributed by atoms with E-state index in [-0.39, 0.29) is 0 Å². The number of aliphatic carboxylic acids is 1. The van der Waals surface area contributed by atoms with Crippen LogP contribution in [0.25, 0.3) is 0 Å². The van der Waals surface area contributed by atoms with Gasteiger partial charge in [-0.1, -0.05) is 20.3 Å². The largest absolute Gasteiger partial charge is 0.550 e. The van der Waals surface area contributed by atoms with Crippen LogP contribution in [-0.4, -0.2) is 17.2 Å². The highest BCUT2D eigenvalue weighted by atomic mass is 16.4. The summed E-state index contributed by atoms with van der Waals surface area (Å²) in [5.74, 6) is -1.84. The molecule has 3 nitrogen and oxygen atoms in total. The Morgan fingerprint density at radius 2 is 2.09 bits per heavy atom. The molecule has 0 aliphatic carbocycles. The summed E-state index contributed by atoms with van der Waals surface area (Å²) >= 11 is 0. The summed E-state index contributed by atoms with van der Waals surface area (Å²) in [6.45, 7) is 3.64. The average Bonchev–Trinajstić information content (AvgIpc) is 1.88. The second-order valence-electron chi connectivity index (χ2n) is 2.69. The molecular formula is C8H15O3-. The standard InChI is InChI=1S/C8H16O3/c1-3-5-7(9)6(4-2)8(10)11/h6-7,9H,3-5H2,1-2H3,(H,10,11)/p-1. The quantitative estimate of drug-likeness (QED) is 0.610. The number of aliphatic hydroxyl groups excluding tert-OH is 1. The predicted octanol–water partition coefficient (Wildman–Crippen LogP) is -0.0765. The number of carboxylic acids is 1. The molecule has 0 saturated carbocycles. The first kappa shape index (κ1) is 10.4. The van der Waals surface area contributed by atoms with Crippen molar-refractivity contribution in [3.63, 3.8) is 0 Å². The zero-order valence-corrected chi connectivity index (χ0v) is 7.04. The van der Waals surface area contributed by atoms with Crippen LogP contribution in [0.4, 0.5) is 0 Å². The van der Waals surface area contributed by atoms with Crippen molar-refractivity contribution in [1.82, 2.24) is 0 Å². The Kier molecular flexibility index (Phi) is 4.86. The highest BCUT2D eigenvalue weighted by Crippen LogP contribution is 2.12. The second kappa shape index (κ2) is 5.13. The lowest BCUT2D eigenvalue weighted by Gasteiger charge is -2.21. The SMILES string of the molecule is CCCC(O)C(CC)C(=O)[O-]. The van der Waals surface area contributed by atoms with Crippen molar-refractivity contribution >= 4 is 5.97 Å². The van der Waals surface area contributed by atoms with Crippen molar-refractivity contribution in [2.75, 3.05) is 0 Å². The van der Waals surface area contributed by atoms with E-state index in [1.54, 1.807) is 6.92 Å². The maximum Gasteiger partial charge on any atom is 0.0620 e. The van der Waals surface area contributed by atoms with E-state index in [2.05, 4.69) is 0 Å². The van der Waals surface area contributed by atoms with Crippen molar-refractivity contribution in [1.29, 1.82) is 0 Å². The lowest BCUT2D eigenvalue weighted by atomic mass is 9.96. The molecule has 0 amide bonds. The Bertz CT molecular complexity index is 123. The zero-order chi connectivity index (χ0) is 8.85.